The number of aromatic carboxylic acids is 1. The minimum Gasteiger partial charge on any atom is -0.476 e. The molecule has 0 saturated heterocycles. The average Bonchev–Trinajstić information content (AvgIpc) is 2.25. The molecule has 0 bridgehead atoms. The zero-order chi connectivity index (χ0) is 13.5. The van der Waals surface area contributed by atoms with Gasteiger partial charge in [-0.05, 0) is 29.8 Å². The zero-order valence-corrected chi connectivity index (χ0v) is 9.25. The summed E-state index contributed by atoms with van der Waals surface area (Å²) in [6.45, 7) is 0. The predicted molar refractivity (Wildman–Crippen MR) is 56.5 cm³/mol. The molecule has 0 fully saturated rings. The van der Waals surface area contributed by atoms with Gasteiger partial charge in [0.2, 0.25) is 5.28 Å². The van der Waals surface area contributed by atoms with Gasteiger partial charge in [0.15, 0.2) is 5.69 Å². The number of alkyl halides is 3. The van der Waals surface area contributed by atoms with Crippen LogP contribution in [0.1, 0.15) is 16.1 Å². The van der Waals surface area contributed by atoms with Crippen molar-refractivity contribution in [1.29, 1.82) is 0 Å². The van der Waals surface area contributed by atoms with Gasteiger partial charge in [-0.15, -0.1) is 0 Å². The molecule has 8 heteroatoms. The Balaban J connectivity index is 2.79. The first-order chi connectivity index (χ1) is 8.29. The van der Waals surface area contributed by atoms with E-state index in [1.165, 1.54) is 0 Å². The number of carboxylic acid groups (broad SMARTS) is 1. The van der Waals surface area contributed by atoms with Gasteiger partial charge < -0.3 is 5.11 Å². The molecule has 0 aliphatic carbocycles. The number of carboxylic acids is 1. The van der Waals surface area contributed by atoms with Crippen molar-refractivity contribution in [2.45, 2.75) is 6.18 Å². The van der Waals surface area contributed by atoms with Gasteiger partial charge in [0.1, 0.15) is 0 Å². The summed E-state index contributed by atoms with van der Waals surface area (Å²) in [6, 6.07) is 2.55. The smallest absolute Gasteiger partial charge is 0.416 e. The number of nitrogens with zero attached hydrogens (tertiary/aromatic N) is 2. The van der Waals surface area contributed by atoms with Crippen LogP contribution in [0.2, 0.25) is 5.28 Å². The average molecular weight is 277 g/mol. The topological polar surface area (TPSA) is 63.1 Å². The van der Waals surface area contributed by atoms with Crippen LogP contribution in [0, 0.1) is 0 Å². The van der Waals surface area contributed by atoms with Crippen molar-refractivity contribution in [3.63, 3.8) is 0 Å². The Morgan fingerprint density at radius 3 is 2.50 bits per heavy atom. The van der Waals surface area contributed by atoms with E-state index in [1.54, 1.807) is 0 Å². The van der Waals surface area contributed by atoms with Gasteiger partial charge in [0, 0.05) is 5.39 Å². The Morgan fingerprint density at radius 2 is 1.94 bits per heavy atom. The molecule has 1 N–H and O–H groups in total. The highest BCUT2D eigenvalue weighted by atomic mass is 35.5. The van der Waals surface area contributed by atoms with E-state index in [2.05, 4.69) is 9.97 Å². The van der Waals surface area contributed by atoms with Crippen LogP contribution >= 0.6 is 11.6 Å². The number of carbonyl (C=O) groups is 1. The highest BCUT2D eigenvalue weighted by Crippen LogP contribution is 2.31. The highest BCUT2D eigenvalue weighted by molar-refractivity contribution is 6.29. The van der Waals surface area contributed by atoms with Crippen LogP contribution in [0.15, 0.2) is 18.2 Å². The predicted octanol–water partition coefficient (Wildman–Crippen LogP) is 3.00. The van der Waals surface area contributed by atoms with Crippen molar-refractivity contribution in [3.8, 4) is 0 Å². The second-order valence-corrected chi connectivity index (χ2v) is 3.71. The third-order valence-electron chi connectivity index (χ3n) is 2.20. The van der Waals surface area contributed by atoms with Crippen molar-refractivity contribution in [3.05, 3.63) is 34.7 Å². The van der Waals surface area contributed by atoms with Crippen LogP contribution < -0.4 is 0 Å². The van der Waals surface area contributed by atoms with Crippen LogP contribution in [-0.2, 0) is 6.18 Å². The molecule has 0 atom stereocenters. The maximum Gasteiger partial charge on any atom is 0.416 e. The number of rotatable bonds is 1. The van der Waals surface area contributed by atoms with Crippen molar-refractivity contribution in [2.24, 2.45) is 0 Å². The number of aromatic nitrogens is 2. The van der Waals surface area contributed by atoms with E-state index in [0.717, 1.165) is 12.1 Å². The van der Waals surface area contributed by atoms with E-state index in [9.17, 15) is 18.0 Å². The van der Waals surface area contributed by atoms with Crippen LogP contribution in [-0.4, -0.2) is 21.0 Å². The summed E-state index contributed by atoms with van der Waals surface area (Å²) in [5.74, 6) is -1.47. The number of benzene rings is 1. The summed E-state index contributed by atoms with van der Waals surface area (Å²) in [5, 5.41) is 8.33. The van der Waals surface area contributed by atoms with E-state index in [1.807, 2.05) is 0 Å². The summed E-state index contributed by atoms with van der Waals surface area (Å²) in [7, 11) is 0. The van der Waals surface area contributed by atoms with Crippen LogP contribution in [0.3, 0.4) is 0 Å². The standard InChI is InChI=1S/C10H4ClF3N2O2/c11-9-15-6-2-1-4(10(12,13)14)3-5(6)7(16-9)8(17)18/h1-3H,(H,17,18). The Labute approximate surface area is 103 Å². The molecule has 0 saturated carbocycles. The first-order valence-electron chi connectivity index (χ1n) is 4.57. The molecule has 0 aliphatic heterocycles. The minimum absolute atomic E-state index is 0.0420. The van der Waals surface area contributed by atoms with Crippen LogP contribution in [0.4, 0.5) is 13.2 Å². The number of hydrogen-bond donors (Lipinski definition) is 1. The quantitative estimate of drug-likeness (QED) is 0.813. The Kier molecular flexibility index (Phi) is 2.86. The fourth-order valence-electron chi connectivity index (χ4n) is 1.44. The lowest BCUT2D eigenvalue weighted by molar-refractivity contribution is -0.137. The first-order valence-corrected chi connectivity index (χ1v) is 4.94. The molecule has 1 heterocycles. The van der Waals surface area contributed by atoms with E-state index < -0.39 is 23.4 Å². The largest absolute Gasteiger partial charge is 0.476 e. The van der Waals surface area contributed by atoms with Gasteiger partial charge in [-0.1, -0.05) is 0 Å². The van der Waals surface area contributed by atoms with E-state index in [-0.39, 0.29) is 16.2 Å². The molecule has 94 valence electrons. The first kappa shape index (κ1) is 12.6. The molecule has 0 amide bonds. The molecule has 18 heavy (non-hydrogen) atoms. The maximum atomic E-state index is 12.5. The molecular formula is C10H4ClF3N2O2. The lowest BCUT2D eigenvalue weighted by atomic mass is 10.1. The summed E-state index contributed by atoms with van der Waals surface area (Å²) in [4.78, 5) is 18.0. The van der Waals surface area contributed by atoms with Crippen molar-refractivity contribution >= 4 is 28.5 Å². The van der Waals surface area contributed by atoms with Crippen LogP contribution in [0.25, 0.3) is 10.9 Å². The van der Waals surface area contributed by atoms with Gasteiger partial charge in [0.05, 0.1) is 11.1 Å². The SMILES string of the molecule is O=C(O)c1nc(Cl)nc2ccc(C(F)(F)F)cc12. The molecule has 1 aromatic heterocycles. The Hall–Kier alpha value is -1.89. The van der Waals surface area contributed by atoms with E-state index in [0.29, 0.717) is 6.07 Å². The van der Waals surface area contributed by atoms with Gasteiger partial charge >= 0.3 is 12.1 Å². The maximum absolute atomic E-state index is 12.5. The van der Waals surface area contributed by atoms with Crippen LogP contribution in [0.5, 0.6) is 0 Å². The number of fused-ring (bicyclic) bond motifs is 1. The molecule has 0 unspecified atom stereocenters. The van der Waals surface area contributed by atoms with Gasteiger partial charge in [-0.3, -0.25) is 0 Å². The fraction of sp³-hybridized carbons (Fsp3) is 0.100. The van der Waals surface area contributed by atoms with E-state index in [4.69, 9.17) is 16.7 Å². The molecule has 4 nitrogen and oxygen atoms in total. The Morgan fingerprint density at radius 1 is 1.28 bits per heavy atom. The van der Waals surface area contributed by atoms with Gasteiger partial charge in [-0.2, -0.15) is 13.2 Å². The minimum atomic E-state index is -4.57. The molecule has 1 aromatic carbocycles. The second kappa shape index (κ2) is 4.09. The summed E-state index contributed by atoms with van der Waals surface area (Å²) >= 11 is 5.49. The zero-order valence-electron chi connectivity index (χ0n) is 8.49. The lowest BCUT2D eigenvalue weighted by Crippen LogP contribution is -2.07. The molecule has 0 aliphatic rings. The van der Waals surface area contributed by atoms with Gasteiger partial charge in [-0.25, -0.2) is 14.8 Å². The van der Waals surface area contributed by atoms with Crippen molar-refractivity contribution < 1.29 is 23.1 Å². The molecular weight excluding hydrogens is 273 g/mol. The van der Waals surface area contributed by atoms with E-state index >= 15 is 0 Å². The Bertz CT molecular complexity index is 643. The monoisotopic (exact) mass is 276 g/mol. The second-order valence-electron chi connectivity index (χ2n) is 3.38. The fourth-order valence-corrected chi connectivity index (χ4v) is 1.62. The lowest BCUT2D eigenvalue weighted by Gasteiger charge is -2.08. The molecule has 0 radical (unpaired) electrons. The number of hydrogen-bond acceptors (Lipinski definition) is 3. The van der Waals surface area contributed by atoms with Crippen molar-refractivity contribution in [1.82, 2.24) is 9.97 Å². The van der Waals surface area contributed by atoms with Crippen molar-refractivity contribution in [2.75, 3.05) is 0 Å². The number of halogens is 4. The third-order valence-corrected chi connectivity index (χ3v) is 2.37. The molecule has 2 aromatic rings. The molecule has 2 rings (SSSR count). The summed E-state index contributed by atoms with van der Waals surface area (Å²) in [6.07, 6.45) is -4.57. The molecule has 0 spiro atoms. The normalized spacial score (nSPS) is 11.8. The summed E-state index contributed by atoms with van der Waals surface area (Å²) < 4.78 is 37.5. The summed E-state index contributed by atoms with van der Waals surface area (Å²) in [5.41, 5.74) is -1.49. The highest BCUT2D eigenvalue weighted by Gasteiger charge is 2.31. The van der Waals surface area contributed by atoms with Gasteiger partial charge in [0.25, 0.3) is 0 Å². The third kappa shape index (κ3) is 2.21.